The molecule has 1 atom stereocenters. The second kappa shape index (κ2) is 7.28. The predicted molar refractivity (Wildman–Crippen MR) is 79.7 cm³/mol. The van der Waals surface area contributed by atoms with E-state index in [-0.39, 0.29) is 5.91 Å². The quantitative estimate of drug-likeness (QED) is 0.789. The molecule has 0 aliphatic carbocycles. The lowest BCUT2D eigenvalue weighted by molar-refractivity contribution is -0.130. The van der Waals surface area contributed by atoms with E-state index in [0.29, 0.717) is 12.1 Å². The molecule has 4 nitrogen and oxygen atoms in total. The van der Waals surface area contributed by atoms with Gasteiger partial charge in [0.25, 0.3) is 0 Å². The molecule has 0 spiro atoms. The predicted octanol–water partition coefficient (Wildman–Crippen LogP) is 2.99. The van der Waals surface area contributed by atoms with E-state index in [0.717, 1.165) is 22.9 Å². The zero-order valence-corrected chi connectivity index (χ0v) is 12.8. The van der Waals surface area contributed by atoms with Gasteiger partial charge in [-0.05, 0) is 37.1 Å². The van der Waals surface area contributed by atoms with Crippen LogP contribution in [-0.2, 0) is 9.59 Å². The van der Waals surface area contributed by atoms with Crippen molar-refractivity contribution in [3.05, 3.63) is 28.2 Å². The number of halogens is 1. The first-order valence-corrected chi connectivity index (χ1v) is 7.11. The third-order valence-electron chi connectivity index (χ3n) is 2.95. The summed E-state index contributed by atoms with van der Waals surface area (Å²) in [5.41, 5.74) is 6.92. The minimum Gasteiger partial charge on any atom is -0.369 e. The van der Waals surface area contributed by atoms with Crippen molar-refractivity contribution in [3.8, 4) is 0 Å². The number of primary amides is 1. The van der Waals surface area contributed by atoms with Crippen LogP contribution in [-0.4, -0.2) is 11.8 Å². The number of rotatable bonds is 6. The summed E-state index contributed by atoms with van der Waals surface area (Å²) in [6, 6.07) is 5.55. The van der Waals surface area contributed by atoms with Gasteiger partial charge in [-0.3, -0.25) is 9.59 Å². The maximum Gasteiger partial charge on any atom is 0.236 e. The van der Waals surface area contributed by atoms with Crippen molar-refractivity contribution in [2.24, 2.45) is 11.7 Å². The summed E-state index contributed by atoms with van der Waals surface area (Å²) in [5.74, 6) is -1.66. The number of anilines is 1. The van der Waals surface area contributed by atoms with Gasteiger partial charge < -0.3 is 11.1 Å². The summed E-state index contributed by atoms with van der Waals surface area (Å²) in [6.07, 6.45) is 2.22. The van der Waals surface area contributed by atoms with Crippen molar-refractivity contribution < 1.29 is 9.59 Å². The number of hydrogen-bond donors (Lipinski definition) is 2. The van der Waals surface area contributed by atoms with Gasteiger partial charge in [-0.1, -0.05) is 35.7 Å². The molecular formula is C14H19BrN2O2. The van der Waals surface area contributed by atoms with Crippen LogP contribution in [0.25, 0.3) is 0 Å². The number of benzene rings is 1. The standard InChI is InChI=1S/C14H19BrN2O2/c1-3-4-5-11(13(16)18)14(19)17-12-7-6-10(15)8-9(12)2/h6-8,11H,3-5H2,1-2H3,(H2,16,18)(H,17,19). The summed E-state index contributed by atoms with van der Waals surface area (Å²) in [7, 11) is 0. The van der Waals surface area contributed by atoms with Crippen molar-refractivity contribution in [1.82, 2.24) is 0 Å². The Morgan fingerprint density at radius 3 is 2.63 bits per heavy atom. The molecule has 0 aliphatic heterocycles. The Morgan fingerprint density at radius 2 is 2.11 bits per heavy atom. The molecule has 0 fully saturated rings. The van der Waals surface area contributed by atoms with E-state index in [1.165, 1.54) is 0 Å². The number of nitrogens with two attached hydrogens (primary N) is 1. The second-order valence-corrected chi connectivity index (χ2v) is 5.46. The molecule has 0 saturated carbocycles. The summed E-state index contributed by atoms with van der Waals surface area (Å²) in [5, 5.41) is 2.77. The molecule has 1 rings (SSSR count). The highest BCUT2D eigenvalue weighted by atomic mass is 79.9. The molecule has 0 aromatic heterocycles. The number of carbonyl (C=O) groups excluding carboxylic acids is 2. The van der Waals surface area contributed by atoms with Crippen LogP contribution >= 0.6 is 15.9 Å². The Balaban J connectivity index is 2.78. The number of amides is 2. The Kier molecular flexibility index (Phi) is 6.02. The van der Waals surface area contributed by atoms with E-state index in [1.54, 1.807) is 6.07 Å². The lowest BCUT2D eigenvalue weighted by Gasteiger charge is -2.14. The zero-order valence-electron chi connectivity index (χ0n) is 11.2. The Morgan fingerprint density at radius 1 is 1.42 bits per heavy atom. The average Bonchev–Trinajstić information content (AvgIpc) is 2.33. The van der Waals surface area contributed by atoms with Crippen molar-refractivity contribution in [3.63, 3.8) is 0 Å². The molecule has 2 amide bonds. The van der Waals surface area contributed by atoms with Crippen LogP contribution in [0, 0.1) is 12.8 Å². The van der Waals surface area contributed by atoms with Gasteiger partial charge >= 0.3 is 0 Å². The number of unbranched alkanes of at least 4 members (excludes halogenated alkanes) is 1. The average molecular weight is 327 g/mol. The van der Waals surface area contributed by atoms with Crippen LogP contribution in [0.1, 0.15) is 31.7 Å². The fraction of sp³-hybridized carbons (Fsp3) is 0.429. The third kappa shape index (κ3) is 4.67. The van der Waals surface area contributed by atoms with Crippen LogP contribution in [0.4, 0.5) is 5.69 Å². The van der Waals surface area contributed by atoms with Crippen molar-refractivity contribution in [2.75, 3.05) is 5.32 Å². The van der Waals surface area contributed by atoms with Gasteiger partial charge in [-0.15, -0.1) is 0 Å². The van der Waals surface area contributed by atoms with Crippen LogP contribution in [0.15, 0.2) is 22.7 Å². The summed E-state index contributed by atoms with van der Waals surface area (Å²) >= 11 is 3.36. The Hall–Kier alpha value is -1.36. The van der Waals surface area contributed by atoms with Crippen molar-refractivity contribution >= 4 is 33.4 Å². The van der Waals surface area contributed by atoms with Crippen molar-refractivity contribution in [2.45, 2.75) is 33.1 Å². The first-order valence-electron chi connectivity index (χ1n) is 6.32. The molecular weight excluding hydrogens is 308 g/mol. The van der Waals surface area contributed by atoms with E-state index in [9.17, 15) is 9.59 Å². The van der Waals surface area contributed by atoms with Gasteiger partial charge in [0.1, 0.15) is 5.92 Å². The van der Waals surface area contributed by atoms with Crippen LogP contribution in [0.2, 0.25) is 0 Å². The molecule has 0 saturated heterocycles. The summed E-state index contributed by atoms with van der Waals surface area (Å²) in [4.78, 5) is 23.4. The van der Waals surface area contributed by atoms with E-state index >= 15 is 0 Å². The monoisotopic (exact) mass is 326 g/mol. The fourth-order valence-corrected chi connectivity index (χ4v) is 2.27. The van der Waals surface area contributed by atoms with E-state index in [2.05, 4.69) is 21.2 Å². The third-order valence-corrected chi connectivity index (χ3v) is 3.45. The van der Waals surface area contributed by atoms with Gasteiger partial charge in [-0.2, -0.15) is 0 Å². The molecule has 0 bridgehead atoms. The number of hydrogen-bond acceptors (Lipinski definition) is 2. The molecule has 0 radical (unpaired) electrons. The lowest BCUT2D eigenvalue weighted by Crippen LogP contribution is -2.34. The number of carbonyl (C=O) groups is 2. The van der Waals surface area contributed by atoms with Gasteiger partial charge in [0.15, 0.2) is 0 Å². The second-order valence-electron chi connectivity index (χ2n) is 4.55. The molecule has 1 aromatic carbocycles. The van der Waals surface area contributed by atoms with Gasteiger partial charge in [-0.25, -0.2) is 0 Å². The smallest absolute Gasteiger partial charge is 0.236 e. The lowest BCUT2D eigenvalue weighted by atomic mass is 10.0. The van der Waals surface area contributed by atoms with Crippen LogP contribution in [0.5, 0.6) is 0 Å². The Labute approximate surface area is 121 Å². The first-order chi connectivity index (χ1) is 8.95. The maximum atomic E-state index is 12.1. The SMILES string of the molecule is CCCCC(C(N)=O)C(=O)Nc1ccc(Br)cc1C. The van der Waals surface area contributed by atoms with Crippen molar-refractivity contribution in [1.29, 1.82) is 0 Å². The van der Waals surface area contributed by atoms with Gasteiger partial charge in [0.2, 0.25) is 11.8 Å². The molecule has 19 heavy (non-hydrogen) atoms. The number of aryl methyl sites for hydroxylation is 1. The van der Waals surface area contributed by atoms with E-state index < -0.39 is 11.8 Å². The molecule has 5 heteroatoms. The molecule has 3 N–H and O–H groups in total. The maximum absolute atomic E-state index is 12.1. The van der Waals surface area contributed by atoms with E-state index in [1.807, 2.05) is 26.0 Å². The highest BCUT2D eigenvalue weighted by Crippen LogP contribution is 2.21. The van der Waals surface area contributed by atoms with Gasteiger partial charge in [0.05, 0.1) is 0 Å². The fourth-order valence-electron chi connectivity index (χ4n) is 1.80. The molecule has 104 valence electrons. The van der Waals surface area contributed by atoms with Crippen LogP contribution in [0.3, 0.4) is 0 Å². The minimum atomic E-state index is -0.761. The highest BCUT2D eigenvalue weighted by molar-refractivity contribution is 9.10. The first kappa shape index (κ1) is 15.7. The normalized spacial score (nSPS) is 11.9. The minimum absolute atomic E-state index is 0.327. The zero-order chi connectivity index (χ0) is 14.4. The summed E-state index contributed by atoms with van der Waals surface area (Å²) < 4.78 is 0.945. The van der Waals surface area contributed by atoms with E-state index in [4.69, 9.17) is 5.73 Å². The van der Waals surface area contributed by atoms with Crippen LogP contribution < -0.4 is 11.1 Å². The topological polar surface area (TPSA) is 72.2 Å². The number of nitrogens with one attached hydrogen (secondary N) is 1. The largest absolute Gasteiger partial charge is 0.369 e. The summed E-state index contributed by atoms with van der Waals surface area (Å²) in [6.45, 7) is 3.90. The molecule has 0 aliphatic rings. The molecule has 0 heterocycles. The Bertz CT molecular complexity index is 475. The molecule has 1 unspecified atom stereocenters. The highest BCUT2D eigenvalue weighted by Gasteiger charge is 2.24. The van der Waals surface area contributed by atoms with Gasteiger partial charge in [0, 0.05) is 10.2 Å². The molecule has 1 aromatic rings.